The molecule has 5 nitrogen and oxygen atoms in total. The monoisotopic (exact) mass is 552 g/mol. The van der Waals surface area contributed by atoms with Gasteiger partial charge in [0.25, 0.3) is 0 Å². The Morgan fingerprint density at radius 2 is 1.85 bits per heavy atom. The molecule has 0 bridgehead atoms. The predicted molar refractivity (Wildman–Crippen MR) is 153 cm³/mol. The number of hydrogen-bond donors (Lipinski definition) is 2. The van der Waals surface area contributed by atoms with E-state index < -0.39 is 21.7 Å². The zero-order chi connectivity index (χ0) is 28.7. The van der Waals surface area contributed by atoms with Crippen molar-refractivity contribution in [2.75, 3.05) is 19.6 Å². The molecule has 0 spiro atoms. The van der Waals surface area contributed by atoms with Gasteiger partial charge < -0.3 is 10.4 Å². The third-order valence-electron chi connectivity index (χ3n) is 7.09. The first-order valence-corrected chi connectivity index (χ1v) is 14.3. The van der Waals surface area contributed by atoms with Gasteiger partial charge in [-0.3, -0.25) is 0 Å². The fourth-order valence-corrected chi connectivity index (χ4v) is 6.11. The van der Waals surface area contributed by atoms with Crippen LogP contribution >= 0.6 is 0 Å². The molecule has 1 atom stereocenters. The number of allylic oxidation sites excluding steroid dienone is 5. The first-order valence-electron chi connectivity index (χ1n) is 12.9. The summed E-state index contributed by atoms with van der Waals surface area (Å²) >= 11 is 0. The molecule has 39 heavy (non-hydrogen) atoms. The van der Waals surface area contributed by atoms with E-state index >= 15 is 0 Å². The number of benzene rings is 2. The summed E-state index contributed by atoms with van der Waals surface area (Å²) in [5.74, 6) is -2.05. The van der Waals surface area contributed by atoms with Crippen LogP contribution < -0.4 is 5.32 Å². The average Bonchev–Trinajstić information content (AvgIpc) is 2.91. The third kappa shape index (κ3) is 7.70. The van der Waals surface area contributed by atoms with Crippen molar-refractivity contribution in [3.63, 3.8) is 0 Å². The van der Waals surface area contributed by atoms with Gasteiger partial charge in [0.15, 0.2) is 11.6 Å². The van der Waals surface area contributed by atoms with Crippen LogP contribution in [0.2, 0.25) is 0 Å². The van der Waals surface area contributed by atoms with E-state index in [1.165, 1.54) is 4.31 Å². The SMILES string of the molecule is [B]/C(C=C)=C(/C)CC(/C=C(/NCC1CCN(S(=O)(=O)c2ccc(F)c(F)c2)CC1)C(=C)C)c1ccccc1O. The van der Waals surface area contributed by atoms with Gasteiger partial charge in [0, 0.05) is 36.8 Å². The van der Waals surface area contributed by atoms with Crippen molar-refractivity contribution in [2.24, 2.45) is 5.92 Å². The highest BCUT2D eigenvalue weighted by Crippen LogP contribution is 2.33. The molecule has 0 aromatic heterocycles. The molecule has 1 saturated heterocycles. The molecule has 0 aliphatic carbocycles. The van der Waals surface area contributed by atoms with Gasteiger partial charge in [-0.15, -0.1) is 0 Å². The molecule has 2 aromatic carbocycles. The van der Waals surface area contributed by atoms with Crippen LogP contribution in [0.15, 0.2) is 95.0 Å². The van der Waals surface area contributed by atoms with Crippen LogP contribution in [-0.4, -0.2) is 45.3 Å². The van der Waals surface area contributed by atoms with Crippen molar-refractivity contribution in [2.45, 2.75) is 43.9 Å². The standard InChI is InChI=1S/C30H35BF2N2O3S/c1-5-26(31)21(4)16-23(25-8-6-7-9-30(25)36)17-29(20(2)3)34-19-22-12-14-35(15-13-22)39(37,38)24-10-11-27(32)28(33)18-24/h5-11,17-18,22-23,34,36H,1-2,12-16,19H2,3-4H3/b26-21-,29-17+. The normalized spacial score (nSPS) is 16.9. The molecule has 0 amide bonds. The lowest BCUT2D eigenvalue weighted by atomic mass is 9.83. The summed E-state index contributed by atoms with van der Waals surface area (Å²) < 4.78 is 54.0. The minimum Gasteiger partial charge on any atom is -0.508 e. The van der Waals surface area contributed by atoms with Crippen molar-refractivity contribution >= 4 is 17.9 Å². The number of nitrogens with zero attached hydrogens (tertiary/aromatic N) is 1. The smallest absolute Gasteiger partial charge is 0.243 e. The van der Waals surface area contributed by atoms with Crippen LogP contribution in [0.25, 0.3) is 0 Å². The second-order valence-corrected chi connectivity index (χ2v) is 11.9. The van der Waals surface area contributed by atoms with E-state index in [-0.39, 0.29) is 35.6 Å². The fraction of sp³-hybridized carbons (Fsp3) is 0.333. The molecule has 3 rings (SSSR count). The Labute approximate surface area is 232 Å². The van der Waals surface area contributed by atoms with Gasteiger partial charge in [-0.1, -0.05) is 54.6 Å². The van der Waals surface area contributed by atoms with Gasteiger partial charge in [0.2, 0.25) is 10.0 Å². The zero-order valence-corrected chi connectivity index (χ0v) is 23.3. The van der Waals surface area contributed by atoms with E-state index in [4.69, 9.17) is 7.85 Å². The Bertz CT molecular complexity index is 1380. The lowest BCUT2D eigenvalue weighted by Gasteiger charge is -2.32. The van der Waals surface area contributed by atoms with E-state index in [1.807, 2.05) is 32.1 Å². The van der Waals surface area contributed by atoms with Crippen LogP contribution in [0.1, 0.15) is 44.6 Å². The number of nitrogens with one attached hydrogen (secondary N) is 1. The van der Waals surface area contributed by atoms with Gasteiger partial charge in [0.1, 0.15) is 13.6 Å². The lowest BCUT2D eigenvalue weighted by molar-refractivity contribution is 0.271. The minimum absolute atomic E-state index is 0.174. The Kier molecular flexibility index (Phi) is 10.3. The van der Waals surface area contributed by atoms with Gasteiger partial charge in [-0.05, 0) is 68.9 Å². The molecule has 1 aliphatic heterocycles. The highest BCUT2D eigenvalue weighted by molar-refractivity contribution is 7.89. The van der Waals surface area contributed by atoms with E-state index in [0.29, 0.717) is 31.3 Å². The maximum Gasteiger partial charge on any atom is 0.243 e. The van der Waals surface area contributed by atoms with E-state index in [9.17, 15) is 22.3 Å². The predicted octanol–water partition coefficient (Wildman–Crippen LogP) is 5.92. The van der Waals surface area contributed by atoms with Crippen molar-refractivity contribution < 1.29 is 22.3 Å². The Morgan fingerprint density at radius 3 is 2.44 bits per heavy atom. The zero-order valence-electron chi connectivity index (χ0n) is 22.5. The summed E-state index contributed by atoms with van der Waals surface area (Å²) in [7, 11) is 2.18. The van der Waals surface area contributed by atoms with Crippen LogP contribution in [-0.2, 0) is 10.0 Å². The first kappa shape index (κ1) is 30.4. The molecule has 2 radical (unpaired) electrons. The van der Waals surface area contributed by atoms with Gasteiger partial charge in [-0.2, -0.15) is 4.31 Å². The average molecular weight is 552 g/mol. The fourth-order valence-electron chi connectivity index (χ4n) is 4.63. The van der Waals surface area contributed by atoms with Crippen LogP contribution in [0, 0.1) is 17.6 Å². The quantitative estimate of drug-likeness (QED) is 0.268. The van der Waals surface area contributed by atoms with Gasteiger partial charge in [-0.25, -0.2) is 17.2 Å². The number of para-hydroxylation sites is 1. The van der Waals surface area contributed by atoms with Gasteiger partial charge >= 0.3 is 0 Å². The summed E-state index contributed by atoms with van der Waals surface area (Å²) in [6.45, 7) is 12.9. The third-order valence-corrected chi connectivity index (χ3v) is 8.98. The van der Waals surface area contributed by atoms with Crippen LogP contribution in [0.5, 0.6) is 5.75 Å². The first-order chi connectivity index (χ1) is 18.4. The molecule has 1 unspecified atom stereocenters. The maximum absolute atomic E-state index is 13.6. The van der Waals surface area contributed by atoms with Crippen molar-refractivity contribution in [3.8, 4) is 5.75 Å². The summed E-state index contributed by atoms with van der Waals surface area (Å²) in [5.41, 5.74) is 3.98. The summed E-state index contributed by atoms with van der Waals surface area (Å²) in [6, 6.07) is 9.83. The van der Waals surface area contributed by atoms with Crippen molar-refractivity contribution in [3.05, 3.63) is 107 Å². The summed E-state index contributed by atoms with van der Waals surface area (Å²) in [4.78, 5) is -0.248. The Balaban J connectivity index is 1.72. The van der Waals surface area contributed by atoms with Gasteiger partial charge in [0.05, 0.1) is 4.90 Å². The lowest BCUT2D eigenvalue weighted by Crippen LogP contribution is -2.40. The molecule has 1 heterocycles. The number of rotatable bonds is 11. The molecular formula is C30H35BF2N2O3S. The molecule has 0 saturated carbocycles. The second-order valence-electron chi connectivity index (χ2n) is 9.97. The highest BCUT2D eigenvalue weighted by atomic mass is 32.2. The number of phenolic OH excluding ortho intramolecular Hbond substituents is 1. The number of aromatic hydroxyl groups is 1. The van der Waals surface area contributed by atoms with E-state index in [0.717, 1.165) is 40.6 Å². The number of hydrogen-bond acceptors (Lipinski definition) is 4. The Hall–Kier alpha value is -3.17. The summed E-state index contributed by atoms with van der Waals surface area (Å²) in [5, 5.41) is 14.0. The van der Waals surface area contributed by atoms with Crippen molar-refractivity contribution in [1.82, 2.24) is 9.62 Å². The highest BCUT2D eigenvalue weighted by Gasteiger charge is 2.30. The van der Waals surface area contributed by atoms with E-state index in [2.05, 4.69) is 18.5 Å². The topological polar surface area (TPSA) is 69.6 Å². The number of sulfonamides is 1. The molecule has 1 aliphatic rings. The second kappa shape index (κ2) is 13.3. The largest absolute Gasteiger partial charge is 0.508 e. The molecule has 206 valence electrons. The number of halogens is 2. The number of piperidine rings is 1. The molecular weight excluding hydrogens is 517 g/mol. The Morgan fingerprint density at radius 1 is 1.18 bits per heavy atom. The molecule has 2 aromatic rings. The van der Waals surface area contributed by atoms with E-state index in [1.54, 1.807) is 18.2 Å². The molecule has 9 heteroatoms. The maximum atomic E-state index is 13.6. The number of phenols is 1. The van der Waals surface area contributed by atoms with Crippen LogP contribution in [0.4, 0.5) is 8.78 Å². The van der Waals surface area contributed by atoms with Crippen molar-refractivity contribution in [1.29, 1.82) is 0 Å². The molecule has 2 N–H and O–H groups in total. The van der Waals surface area contributed by atoms with Crippen LogP contribution in [0.3, 0.4) is 0 Å². The summed E-state index contributed by atoms with van der Waals surface area (Å²) in [6.07, 6.45) is 5.45. The minimum atomic E-state index is -3.91. The molecule has 1 fully saturated rings.